The molecule has 1 aromatic carbocycles. The zero-order valence-corrected chi connectivity index (χ0v) is 11.5. The Bertz CT molecular complexity index is 610. The summed E-state index contributed by atoms with van der Waals surface area (Å²) in [5, 5.41) is 21.6. The quantitative estimate of drug-likeness (QED) is 0.683. The van der Waals surface area contributed by atoms with Crippen molar-refractivity contribution in [3.05, 3.63) is 28.1 Å². The van der Waals surface area contributed by atoms with Crippen molar-refractivity contribution in [3.8, 4) is 0 Å². The third-order valence-electron chi connectivity index (χ3n) is 2.68. The van der Waals surface area contributed by atoms with E-state index in [2.05, 4.69) is 5.32 Å². The molecule has 1 aromatic heterocycles. The highest BCUT2D eigenvalue weighted by molar-refractivity contribution is 7.21. The minimum absolute atomic E-state index is 0.317. The van der Waals surface area contributed by atoms with Gasteiger partial charge in [0.15, 0.2) is 0 Å². The van der Waals surface area contributed by atoms with Crippen molar-refractivity contribution in [2.24, 2.45) is 0 Å². The lowest BCUT2D eigenvalue weighted by Gasteiger charge is -2.12. The maximum Gasteiger partial charge on any atom is 0.263 e. The maximum absolute atomic E-state index is 12.0. The molecule has 0 atom stereocenters. The number of amides is 1. The number of aliphatic hydroxyl groups excluding tert-OH is 2. The third-order valence-corrected chi connectivity index (χ3v) is 4.17. The molecule has 0 radical (unpaired) electrons. The summed E-state index contributed by atoms with van der Waals surface area (Å²) >= 11 is 7.28. The number of fused-ring (bicyclic) bond motifs is 1. The molecule has 5 nitrogen and oxygen atoms in total. The molecule has 0 saturated heterocycles. The van der Waals surface area contributed by atoms with Gasteiger partial charge in [-0.3, -0.25) is 4.79 Å². The zero-order valence-electron chi connectivity index (χ0n) is 9.89. The van der Waals surface area contributed by atoms with Crippen LogP contribution in [0.2, 0.25) is 5.02 Å². The van der Waals surface area contributed by atoms with Crippen LogP contribution in [0.5, 0.6) is 0 Å². The van der Waals surface area contributed by atoms with E-state index >= 15 is 0 Å². The first kappa shape index (κ1) is 14.1. The van der Waals surface area contributed by atoms with Crippen LogP contribution in [-0.4, -0.2) is 35.4 Å². The number of nitrogen functional groups attached to an aromatic ring is 1. The van der Waals surface area contributed by atoms with Crippen molar-refractivity contribution in [2.45, 2.75) is 6.04 Å². The summed E-state index contributed by atoms with van der Waals surface area (Å²) in [6.45, 7) is -0.679. The normalized spacial score (nSPS) is 11.2. The van der Waals surface area contributed by atoms with Crippen LogP contribution in [0.1, 0.15) is 9.67 Å². The highest BCUT2D eigenvalue weighted by Crippen LogP contribution is 2.37. The summed E-state index contributed by atoms with van der Waals surface area (Å²) < 4.78 is 0.819. The van der Waals surface area contributed by atoms with Crippen molar-refractivity contribution in [2.75, 3.05) is 18.9 Å². The fourth-order valence-electron chi connectivity index (χ4n) is 1.70. The molecular weight excluding hydrogens is 288 g/mol. The number of carbonyl (C=O) groups is 1. The van der Waals surface area contributed by atoms with Gasteiger partial charge in [-0.15, -0.1) is 11.3 Å². The molecule has 0 aliphatic carbocycles. The highest BCUT2D eigenvalue weighted by Gasteiger charge is 2.20. The molecule has 0 spiro atoms. The molecule has 19 heavy (non-hydrogen) atoms. The number of thiophene rings is 1. The van der Waals surface area contributed by atoms with E-state index in [0.717, 1.165) is 4.70 Å². The summed E-state index contributed by atoms with van der Waals surface area (Å²) in [5.74, 6) is -0.428. The van der Waals surface area contributed by atoms with Crippen molar-refractivity contribution < 1.29 is 15.0 Å². The smallest absolute Gasteiger partial charge is 0.263 e. The molecule has 0 fully saturated rings. The lowest BCUT2D eigenvalue weighted by atomic mass is 10.2. The number of nitrogens with one attached hydrogen (secondary N) is 1. The average molecular weight is 301 g/mol. The molecule has 7 heteroatoms. The van der Waals surface area contributed by atoms with E-state index in [1.165, 1.54) is 11.3 Å². The Kier molecular flexibility index (Phi) is 4.26. The topological polar surface area (TPSA) is 95.6 Å². The molecule has 0 bridgehead atoms. The Morgan fingerprint density at radius 1 is 1.42 bits per heavy atom. The lowest BCUT2D eigenvalue weighted by molar-refractivity contribution is 0.0884. The molecule has 0 unspecified atom stereocenters. The van der Waals surface area contributed by atoms with E-state index < -0.39 is 11.9 Å². The van der Waals surface area contributed by atoms with Gasteiger partial charge in [-0.1, -0.05) is 17.7 Å². The number of carbonyl (C=O) groups excluding carboxylic acids is 1. The first-order chi connectivity index (χ1) is 9.08. The molecular formula is C12H13ClN2O3S. The maximum atomic E-state index is 12.0. The molecule has 0 aliphatic rings. The fraction of sp³-hybridized carbons (Fsp3) is 0.250. The number of nitrogens with two attached hydrogens (primary N) is 1. The zero-order chi connectivity index (χ0) is 14.0. The summed E-state index contributed by atoms with van der Waals surface area (Å²) in [5.41, 5.74) is 6.26. The van der Waals surface area contributed by atoms with Crippen molar-refractivity contribution in [3.63, 3.8) is 0 Å². The van der Waals surface area contributed by atoms with Gasteiger partial charge in [-0.05, 0) is 12.1 Å². The van der Waals surface area contributed by atoms with Crippen molar-refractivity contribution >= 4 is 44.6 Å². The third kappa shape index (κ3) is 2.66. The van der Waals surface area contributed by atoms with Gasteiger partial charge in [0.25, 0.3) is 5.91 Å². The Labute approximate surface area is 118 Å². The van der Waals surface area contributed by atoms with Gasteiger partial charge in [0.1, 0.15) is 4.88 Å². The minimum Gasteiger partial charge on any atom is -0.397 e. The second-order valence-electron chi connectivity index (χ2n) is 3.99. The number of anilines is 1. The van der Waals surface area contributed by atoms with E-state index in [-0.39, 0.29) is 13.2 Å². The molecule has 0 aliphatic heterocycles. The monoisotopic (exact) mass is 300 g/mol. The molecule has 2 rings (SSSR count). The van der Waals surface area contributed by atoms with E-state index in [9.17, 15) is 4.79 Å². The van der Waals surface area contributed by atoms with E-state index in [1.807, 2.05) is 6.07 Å². The van der Waals surface area contributed by atoms with Gasteiger partial charge in [0.05, 0.1) is 30.0 Å². The van der Waals surface area contributed by atoms with Crippen LogP contribution < -0.4 is 11.1 Å². The van der Waals surface area contributed by atoms with Gasteiger partial charge < -0.3 is 21.3 Å². The highest BCUT2D eigenvalue weighted by atomic mass is 35.5. The van der Waals surface area contributed by atoms with Crippen LogP contribution in [0.25, 0.3) is 10.1 Å². The van der Waals surface area contributed by atoms with Gasteiger partial charge in [0, 0.05) is 10.1 Å². The van der Waals surface area contributed by atoms with Crippen molar-refractivity contribution in [1.82, 2.24) is 5.32 Å². The first-order valence-electron chi connectivity index (χ1n) is 5.57. The van der Waals surface area contributed by atoms with Gasteiger partial charge in [-0.25, -0.2) is 0 Å². The Hall–Kier alpha value is -1.34. The Morgan fingerprint density at radius 3 is 2.68 bits per heavy atom. The predicted octanol–water partition coefficient (Wildman–Crippen LogP) is 1.22. The molecule has 1 heterocycles. The second-order valence-corrected chi connectivity index (χ2v) is 5.45. The SMILES string of the molecule is Nc1c(C(=O)NC(CO)CO)sc2cccc(Cl)c12. The summed E-state index contributed by atoms with van der Waals surface area (Å²) in [6.07, 6.45) is 0. The Balaban J connectivity index is 2.38. The van der Waals surface area contributed by atoms with Gasteiger partial charge in [0.2, 0.25) is 0 Å². The number of rotatable bonds is 4. The molecule has 102 valence electrons. The number of aliphatic hydroxyl groups is 2. The lowest BCUT2D eigenvalue weighted by Crippen LogP contribution is -2.39. The van der Waals surface area contributed by atoms with Crippen LogP contribution in [0.3, 0.4) is 0 Å². The van der Waals surface area contributed by atoms with E-state index in [4.69, 9.17) is 27.5 Å². The van der Waals surface area contributed by atoms with Gasteiger partial charge in [-0.2, -0.15) is 0 Å². The standard InChI is InChI=1S/C12H13ClN2O3S/c13-7-2-1-3-8-9(7)10(14)11(19-8)12(18)15-6(4-16)5-17/h1-3,6,16-17H,4-5,14H2,(H,15,18). The van der Waals surface area contributed by atoms with Crippen LogP contribution in [0.4, 0.5) is 5.69 Å². The molecule has 5 N–H and O–H groups in total. The molecule has 1 amide bonds. The number of hydrogen-bond donors (Lipinski definition) is 4. The van der Waals surface area contributed by atoms with E-state index in [1.54, 1.807) is 12.1 Å². The summed E-state index contributed by atoms with van der Waals surface area (Å²) in [6, 6.07) is 4.62. The molecule has 2 aromatic rings. The van der Waals surface area contributed by atoms with Crippen LogP contribution in [0.15, 0.2) is 18.2 Å². The molecule has 0 saturated carbocycles. The predicted molar refractivity (Wildman–Crippen MR) is 76.7 cm³/mol. The number of halogens is 1. The van der Waals surface area contributed by atoms with Crippen LogP contribution in [0, 0.1) is 0 Å². The average Bonchev–Trinajstić information content (AvgIpc) is 2.74. The second kappa shape index (κ2) is 5.75. The van der Waals surface area contributed by atoms with E-state index in [0.29, 0.717) is 21.0 Å². The minimum atomic E-state index is -0.701. The first-order valence-corrected chi connectivity index (χ1v) is 6.77. The number of benzene rings is 1. The number of hydrogen-bond acceptors (Lipinski definition) is 5. The Morgan fingerprint density at radius 2 is 2.11 bits per heavy atom. The van der Waals surface area contributed by atoms with Crippen LogP contribution in [-0.2, 0) is 0 Å². The van der Waals surface area contributed by atoms with Gasteiger partial charge >= 0.3 is 0 Å². The largest absolute Gasteiger partial charge is 0.397 e. The summed E-state index contributed by atoms with van der Waals surface area (Å²) in [4.78, 5) is 12.4. The summed E-state index contributed by atoms with van der Waals surface area (Å²) in [7, 11) is 0. The van der Waals surface area contributed by atoms with Crippen LogP contribution >= 0.6 is 22.9 Å². The van der Waals surface area contributed by atoms with Crippen molar-refractivity contribution in [1.29, 1.82) is 0 Å². The fourth-order valence-corrected chi connectivity index (χ4v) is 3.08.